The third-order valence-electron chi connectivity index (χ3n) is 12.7. The molecule has 4 aromatic rings. The molecule has 0 spiro atoms. The number of fused-ring (bicyclic) bond motifs is 3. The maximum Gasteiger partial charge on any atom is 0.319 e. The number of pyridine rings is 1. The quantitative estimate of drug-likeness (QED) is 0.146. The summed E-state index contributed by atoms with van der Waals surface area (Å²) in [6.07, 6.45) is 8.69. The lowest BCUT2D eigenvalue weighted by Crippen LogP contribution is -2.63. The van der Waals surface area contributed by atoms with E-state index in [1.165, 1.54) is 25.3 Å². The van der Waals surface area contributed by atoms with Crippen LogP contribution in [0.1, 0.15) is 91.0 Å². The predicted molar refractivity (Wildman–Crippen MR) is 211 cm³/mol. The monoisotopic (exact) mass is 772 g/mol. The zero-order valence-corrected chi connectivity index (χ0v) is 33.3. The van der Waals surface area contributed by atoms with Crippen molar-refractivity contribution in [1.29, 1.82) is 5.26 Å². The first-order valence-electron chi connectivity index (χ1n) is 20.1. The Morgan fingerprint density at radius 1 is 1.04 bits per heavy atom. The maximum atomic E-state index is 17.4. The van der Waals surface area contributed by atoms with Crippen LogP contribution >= 0.6 is 0 Å². The van der Waals surface area contributed by atoms with Gasteiger partial charge < -0.3 is 29.3 Å². The molecule has 2 N–H and O–H groups in total. The number of nitrogens with zero attached hydrogens (tertiary/aromatic N) is 6. The van der Waals surface area contributed by atoms with Crippen LogP contribution < -0.4 is 14.4 Å². The molecule has 0 amide bonds. The normalized spacial score (nSPS) is 24.9. The van der Waals surface area contributed by atoms with Gasteiger partial charge in [0.1, 0.15) is 39.6 Å². The molecule has 4 atom stereocenters. The molecule has 3 aliphatic rings. The summed E-state index contributed by atoms with van der Waals surface area (Å²) in [4.78, 5) is 18.8. The van der Waals surface area contributed by atoms with Gasteiger partial charge in [0.25, 0.3) is 0 Å². The van der Waals surface area contributed by atoms with E-state index < -0.39 is 17.2 Å². The van der Waals surface area contributed by atoms with Crippen LogP contribution in [-0.4, -0.2) is 93.8 Å². The molecule has 2 aromatic carbocycles. The number of aryl methyl sites for hydroxylation is 1. The van der Waals surface area contributed by atoms with Crippen LogP contribution in [-0.2, 0) is 11.2 Å². The van der Waals surface area contributed by atoms with E-state index in [-0.39, 0.29) is 76.3 Å². The van der Waals surface area contributed by atoms with Gasteiger partial charge in [-0.05, 0) is 99.9 Å². The molecule has 0 bridgehead atoms. The maximum absolute atomic E-state index is 17.4. The molecule has 0 radical (unpaired) electrons. The van der Waals surface area contributed by atoms with Crippen molar-refractivity contribution in [1.82, 2.24) is 19.9 Å². The highest BCUT2D eigenvalue weighted by Crippen LogP contribution is 2.56. The molecular weight excluding hydrogens is 719 g/mol. The average Bonchev–Trinajstić information content (AvgIpc) is 3.42. The van der Waals surface area contributed by atoms with E-state index in [0.717, 1.165) is 57.9 Å². The molecule has 1 saturated carbocycles. The molecule has 2 aromatic heterocycles. The third-order valence-corrected chi connectivity index (χ3v) is 12.7. The summed E-state index contributed by atoms with van der Waals surface area (Å²) < 4.78 is 51.0. The number of nitriles is 1. The first-order chi connectivity index (χ1) is 26.9. The zero-order chi connectivity index (χ0) is 39.8. The van der Waals surface area contributed by atoms with Crippen LogP contribution in [0.15, 0.2) is 24.3 Å². The molecule has 4 heterocycles. The minimum atomic E-state index is -1.24. The lowest BCUT2D eigenvalue weighted by molar-refractivity contribution is -0.0894. The van der Waals surface area contributed by atoms with Crippen molar-refractivity contribution in [2.45, 2.75) is 109 Å². The number of likely N-dealkylation sites (tertiary alicyclic amines) is 1. The Balaban J connectivity index is 1.38. The molecular formula is C43H54F2N6O5. The molecule has 3 fully saturated rings. The number of hydrogen-bond acceptors (Lipinski definition) is 11. The number of rotatable bonds is 12. The Bertz CT molecular complexity index is 2140. The summed E-state index contributed by atoms with van der Waals surface area (Å²) in [7, 11) is 1.43. The Labute approximate surface area is 327 Å². The van der Waals surface area contributed by atoms with Gasteiger partial charge in [-0.25, -0.2) is 13.8 Å². The number of aromatic nitrogens is 3. The first kappa shape index (κ1) is 39.8. The van der Waals surface area contributed by atoms with E-state index in [2.05, 4.69) is 29.8 Å². The number of ether oxygens (including phenoxy) is 3. The third kappa shape index (κ3) is 7.09. The number of phenols is 1. The van der Waals surface area contributed by atoms with Crippen molar-refractivity contribution in [3.8, 4) is 35.0 Å². The lowest BCUT2D eigenvalue weighted by Gasteiger charge is -2.57. The second kappa shape index (κ2) is 15.9. The smallest absolute Gasteiger partial charge is 0.319 e. The Kier molecular flexibility index (Phi) is 11.3. The summed E-state index contributed by atoms with van der Waals surface area (Å²) in [5.74, 6) is -1.07. The van der Waals surface area contributed by atoms with E-state index in [1.807, 2.05) is 11.8 Å². The van der Waals surface area contributed by atoms with Crippen LogP contribution in [0.4, 0.5) is 14.6 Å². The first-order valence-corrected chi connectivity index (χ1v) is 20.1. The fourth-order valence-electron chi connectivity index (χ4n) is 10.0. The van der Waals surface area contributed by atoms with Crippen LogP contribution in [0.25, 0.3) is 32.9 Å². The van der Waals surface area contributed by atoms with Gasteiger partial charge in [0, 0.05) is 35.5 Å². The van der Waals surface area contributed by atoms with Crippen molar-refractivity contribution < 1.29 is 33.2 Å². The van der Waals surface area contributed by atoms with Crippen LogP contribution in [0.5, 0.6) is 17.6 Å². The molecule has 7 rings (SSSR count). The summed E-state index contributed by atoms with van der Waals surface area (Å²) in [5, 5.41) is 32.7. The van der Waals surface area contributed by atoms with Crippen molar-refractivity contribution in [3.05, 3.63) is 41.5 Å². The molecule has 2 aliphatic heterocycles. The van der Waals surface area contributed by atoms with Crippen molar-refractivity contribution in [3.63, 3.8) is 0 Å². The number of methoxy groups -OCH3 is 1. The molecule has 2 saturated heterocycles. The Hall–Kier alpha value is -4.38. The minimum Gasteiger partial charge on any atom is -0.508 e. The van der Waals surface area contributed by atoms with Gasteiger partial charge in [-0.3, -0.25) is 4.90 Å². The topological polar surface area (TPSA) is 137 Å². The van der Waals surface area contributed by atoms with Gasteiger partial charge in [-0.1, -0.05) is 32.8 Å². The summed E-state index contributed by atoms with van der Waals surface area (Å²) in [6.45, 7) is 10.2. The number of aliphatic hydroxyl groups is 1. The Morgan fingerprint density at radius 2 is 1.84 bits per heavy atom. The highest BCUT2D eigenvalue weighted by Gasteiger charge is 2.58. The van der Waals surface area contributed by atoms with Crippen LogP contribution in [0, 0.1) is 28.4 Å². The fraction of sp³-hybridized carbons (Fsp3) is 0.581. The summed E-state index contributed by atoms with van der Waals surface area (Å²) in [6, 6.07) is 8.44. The van der Waals surface area contributed by atoms with Gasteiger partial charge in [-0.2, -0.15) is 15.2 Å². The number of phenolic OH excluding ortho intramolecular Hbond substituents is 1. The number of benzene rings is 2. The summed E-state index contributed by atoms with van der Waals surface area (Å²) >= 11 is 0. The van der Waals surface area contributed by atoms with Gasteiger partial charge in [0.05, 0.1) is 39.5 Å². The largest absolute Gasteiger partial charge is 0.508 e. The number of halogens is 2. The highest BCUT2D eigenvalue weighted by atomic mass is 19.1. The second-order valence-electron chi connectivity index (χ2n) is 16.4. The van der Waals surface area contributed by atoms with Crippen molar-refractivity contribution >= 4 is 27.5 Å². The molecule has 3 unspecified atom stereocenters. The number of piperidine rings is 1. The second-order valence-corrected chi connectivity index (χ2v) is 16.4. The number of aromatic hydroxyl groups is 1. The average molecular weight is 773 g/mol. The number of anilines is 1. The predicted octanol–water partition coefficient (Wildman–Crippen LogP) is 7.86. The van der Waals surface area contributed by atoms with Crippen molar-refractivity contribution in [2.75, 3.05) is 51.5 Å². The van der Waals surface area contributed by atoms with E-state index in [1.54, 1.807) is 13.0 Å². The Morgan fingerprint density at radius 3 is 2.59 bits per heavy atom. The van der Waals surface area contributed by atoms with Gasteiger partial charge >= 0.3 is 6.01 Å². The van der Waals surface area contributed by atoms with Gasteiger partial charge in [0.2, 0.25) is 5.88 Å². The standard InChI is InChI=1S/C43H54F2N6O5/c1-6-11-28(12-8-18-46)51-19-10-17-43(16-9-15-42(43,51)4)26-56-40-48-37-34(38(49-40)50-20-21-55-25-41(3,53)24-50)39(54-5)47-36(35(37)45)31-23-29(52)22-27-13-14-32(44)30(7-2)33(27)31/h13-14,22-23,28,52-53H,6-12,15-17,19-21,24-26H2,1-5H3/t28?,41-,42?,43?/m0/s1. The van der Waals surface area contributed by atoms with E-state index >= 15 is 8.78 Å². The molecule has 11 nitrogen and oxygen atoms in total. The fourth-order valence-corrected chi connectivity index (χ4v) is 10.0. The van der Waals surface area contributed by atoms with Gasteiger partial charge in [0.15, 0.2) is 5.82 Å². The number of β-amino-alcohol motifs (C(OH)–C–C–N with tert-alkyl or cyclic N) is 1. The molecule has 300 valence electrons. The minimum absolute atomic E-state index is 0.0215. The molecule has 1 aliphatic carbocycles. The SMILES string of the molecule is CCCC(CCC#N)N1CCCC2(COc3nc(N4CCOC[C@@](C)(O)C4)c4c(OC)nc(-c5cc(O)cc6ccc(F)c(CC)c56)c(F)c4n3)CCCC12C. The molecule has 13 heteroatoms. The van der Waals surface area contributed by atoms with E-state index in [0.29, 0.717) is 48.4 Å². The highest BCUT2D eigenvalue weighted by molar-refractivity contribution is 6.03. The van der Waals surface area contributed by atoms with Crippen LogP contribution in [0.2, 0.25) is 0 Å². The number of hydrogen-bond donors (Lipinski definition) is 2. The lowest BCUT2D eigenvalue weighted by atomic mass is 9.66. The molecule has 56 heavy (non-hydrogen) atoms. The van der Waals surface area contributed by atoms with Crippen molar-refractivity contribution in [2.24, 2.45) is 5.41 Å². The van der Waals surface area contributed by atoms with Crippen LogP contribution in [0.3, 0.4) is 0 Å². The van der Waals surface area contributed by atoms with E-state index in [4.69, 9.17) is 24.2 Å². The van der Waals surface area contributed by atoms with E-state index in [9.17, 15) is 15.5 Å². The van der Waals surface area contributed by atoms with Gasteiger partial charge in [-0.15, -0.1) is 0 Å². The summed E-state index contributed by atoms with van der Waals surface area (Å²) in [5.41, 5.74) is -1.35. The zero-order valence-electron chi connectivity index (χ0n) is 33.3.